The van der Waals surface area contributed by atoms with Crippen LogP contribution in [0.5, 0.6) is 0 Å². The Hall–Kier alpha value is -2.21. The van der Waals surface area contributed by atoms with Crippen molar-refractivity contribution in [1.29, 1.82) is 0 Å². The van der Waals surface area contributed by atoms with Gasteiger partial charge in [-0.3, -0.25) is 4.79 Å². The fourth-order valence-corrected chi connectivity index (χ4v) is 3.02. The minimum atomic E-state index is -0.493. The predicted molar refractivity (Wildman–Crippen MR) is 83.2 cm³/mol. The van der Waals surface area contributed by atoms with Crippen LogP contribution in [-0.4, -0.2) is 44.7 Å². The number of benzene rings is 1. The first-order valence-corrected chi connectivity index (χ1v) is 7.81. The van der Waals surface area contributed by atoms with E-state index in [1.165, 1.54) is 12.1 Å². The first-order chi connectivity index (χ1) is 11.1. The Morgan fingerprint density at radius 2 is 2.00 bits per heavy atom. The maximum atomic E-state index is 12.9. The number of carbonyl (C=O) groups is 1. The molecule has 2 aromatic rings. The molecule has 2 atom stereocenters. The highest BCUT2D eigenvalue weighted by Gasteiger charge is 2.27. The van der Waals surface area contributed by atoms with Gasteiger partial charge in [0.1, 0.15) is 5.82 Å². The molecule has 0 unspecified atom stereocenters. The number of aromatic nitrogens is 2. The number of imidazole rings is 1. The van der Waals surface area contributed by atoms with Crippen molar-refractivity contribution in [3.8, 4) is 0 Å². The van der Waals surface area contributed by atoms with Crippen LogP contribution >= 0.6 is 0 Å². The lowest BCUT2D eigenvalue weighted by atomic mass is 10.1. The van der Waals surface area contributed by atoms with Gasteiger partial charge < -0.3 is 14.6 Å². The van der Waals surface area contributed by atoms with E-state index in [1.54, 1.807) is 29.6 Å². The zero-order valence-electron chi connectivity index (χ0n) is 12.8. The van der Waals surface area contributed by atoms with Crippen LogP contribution in [0, 0.1) is 5.82 Å². The number of rotatable bonds is 3. The maximum absolute atomic E-state index is 12.9. The molecular weight excluding hydrogens is 297 g/mol. The summed E-state index contributed by atoms with van der Waals surface area (Å²) in [5.41, 5.74) is 0.798. The molecule has 1 N–H and O–H groups in total. The van der Waals surface area contributed by atoms with Gasteiger partial charge in [0.05, 0.1) is 24.9 Å². The van der Waals surface area contributed by atoms with Gasteiger partial charge >= 0.3 is 0 Å². The zero-order valence-corrected chi connectivity index (χ0v) is 12.8. The molecule has 0 radical (unpaired) electrons. The summed E-state index contributed by atoms with van der Waals surface area (Å²) in [6, 6.07) is 5.94. The smallest absolute Gasteiger partial charge is 0.226 e. The summed E-state index contributed by atoms with van der Waals surface area (Å²) in [6.45, 7) is 1.13. The molecule has 0 aliphatic carbocycles. The van der Waals surface area contributed by atoms with E-state index >= 15 is 0 Å². The van der Waals surface area contributed by atoms with Crippen molar-refractivity contribution in [3.63, 3.8) is 0 Å². The SMILES string of the molecule is O=C(Cc1ccc(F)cc1)N1CC[C@H](O)[C@@H](n2ccnc2)CC1. The summed E-state index contributed by atoms with van der Waals surface area (Å²) in [5.74, 6) is -0.294. The molecular formula is C17H20FN3O2. The minimum Gasteiger partial charge on any atom is -0.391 e. The quantitative estimate of drug-likeness (QED) is 0.939. The van der Waals surface area contributed by atoms with Crippen LogP contribution < -0.4 is 0 Å². The van der Waals surface area contributed by atoms with Gasteiger partial charge in [-0.05, 0) is 30.5 Å². The first-order valence-electron chi connectivity index (χ1n) is 7.81. The van der Waals surface area contributed by atoms with Crippen LogP contribution in [0.2, 0.25) is 0 Å². The molecule has 2 heterocycles. The molecule has 1 amide bonds. The van der Waals surface area contributed by atoms with E-state index in [0.29, 0.717) is 25.9 Å². The molecule has 1 aliphatic heterocycles. The van der Waals surface area contributed by atoms with Gasteiger partial charge in [-0.15, -0.1) is 0 Å². The number of amides is 1. The van der Waals surface area contributed by atoms with E-state index in [-0.39, 0.29) is 24.2 Å². The number of halogens is 1. The number of hydrogen-bond donors (Lipinski definition) is 1. The molecule has 1 aromatic heterocycles. The number of aliphatic hydroxyl groups excluding tert-OH is 1. The second-order valence-corrected chi connectivity index (χ2v) is 5.91. The molecule has 1 aliphatic rings. The number of likely N-dealkylation sites (tertiary alicyclic amines) is 1. The number of hydrogen-bond acceptors (Lipinski definition) is 3. The van der Waals surface area contributed by atoms with Crippen LogP contribution in [-0.2, 0) is 11.2 Å². The summed E-state index contributed by atoms with van der Waals surface area (Å²) >= 11 is 0. The summed E-state index contributed by atoms with van der Waals surface area (Å²) in [4.78, 5) is 18.2. The molecule has 3 rings (SSSR count). The van der Waals surface area contributed by atoms with Crippen LogP contribution in [0.15, 0.2) is 43.0 Å². The first kappa shape index (κ1) is 15.7. The Labute approximate surface area is 134 Å². The Balaban J connectivity index is 1.62. The van der Waals surface area contributed by atoms with Crippen LogP contribution in [0.3, 0.4) is 0 Å². The monoisotopic (exact) mass is 317 g/mol. The van der Waals surface area contributed by atoms with E-state index in [1.807, 2.05) is 10.8 Å². The minimum absolute atomic E-state index is 0.00934. The highest BCUT2D eigenvalue weighted by Crippen LogP contribution is 2.23. The van der Waals surface area contributed by atoms with Gasteiger partial charge in [0.15, 0.2) is 0 Å². The lowest BCUT2D eigenvalue weighted by molar-refractivity contribution is -0.130. The Kier molecular flexibility index (Phi) is 4.71. The standard InChI is InChI=1S/C17H20FN3O2/c18-14-3-1-13(2-4-14)11-17(23)20-8-5-15(16(22)6-9-20)21-10-7-19-12-21/h1-4,7,10,12,15-16,22H,5-6,8-9,11H2/t15-,16-/m0/s1. The third kappa shape index (κ3) is 3.76. The van der Waals surface area contributed by atoms with Crippen molar-refractivity contribution >= 4 is 5.91 Å². The molecule has 0 bridgehead atoms. The van der Waals surface area contributed by atoms with E-state index in [9.17, 15) is 14.3 Å². The second-order valence-electron chi connectivity index (χ2n) is 5.91. The van der Waals surface area contributed by atoms with E-state index in [4.69, 9.17) is 0 Å². The average Bonchev–Trinajstić information content (AvgIpc) is 2.99. The fraction of sp³-hybridized carbons (Fsp3) is 0.412. The topological polar surface area (TPSA) is 58.4 Å². The molecule has 6 heteroatoms. The van der Waals surface area contributed by atoms with Gasteiger partial charge in [0.25, 0.3) is 0 Å². The van der Waals surface area contributed by atoms with Crippen molar-refractivity contribution in [2.75, 3.05) is 13.1 Å². The molecule has 1 aromatic carbocycles. The van der Waals surface area contributed by atoms with Gasteiger partial charge in [-0.25, -0.2) is 9.37 Å². The molecule has 1 fully saturated rings. The van der Waals surface area contributed by atoms with E-state index in [2.05, 4.69) is 4.98 Å². The lowest BCUT2D eigenvalue weighted by Crippen LogP contribution is -2.33. The van der Waals surface area contributed by atoms with Crippen molar-refractivity contribution in [1.82, 2.24) is 14.5 Å². The van der Waals surface area contributed by atoms with Crippen molar-refractivity contribution in [2.24, 2.45) is 0 Å². The summed E-state index contributed by atoms with van der Waals surface area (Å²) < 4.78 is 14.8. The lowest BCUT2D eigenvalue weighted by Gasteiger charge is -2.21. The number of nitrogens with zero attached hydrogens (tertiary/aromatic N) is 3. The fourth-order valence-electron chi connectivity index (χ4n) is 3.02. The Morgan fingerprint density at radius 1 is 1.26 bits per heavy atom. The van der Waals surface area contributed by atoms with Crippen molar-refractivity contribution in [2.45, 2.75) is 31.4 Å². The molecule has 23 heavy (non-hydrogen) atoms. The highest BCUT2D eigenvalue weighted by molar-refractivity contribution is 5.78. The van der Waals surface area contributed by atoms with Gasteiger partial charge in [0.2, 0.25) is 5.91 Å². The van der Waals surface area contributed by atoms with Gasteiger partial charge in [-0.2, -0.15) is 0 Å². The molecule has 122 valence electrons. The van der Waals surface area contributed by atoms with Gasteiger partial charge in [-0.1, -0.05) is 12.1 Å². The Morgan fingerprint density at radius 3 is 2.70 bits per heavy atom. The number of carbonyl (C=O) groups excluding carboxylic acids is 1. The summed E-state index contributed by atoms with van der Waals surface area (Å²) in [7, 11) is 0. The van der Waals surface area contributed by atoms with E-state index in [0.717, 1.165) is 5.56 Å². The van der Waals surface area contributed by atoms with Crippen LogP contribution in [0.4, 0.5) is 4.39 Å². The average molecular weight is 317 g/mol. The highest BCUT2D eigenvalue weighted by atomic mass is 19.1. The Bertz CT molecular complexity index is 642. The number of aliphatic hydroxyl groups is 1. The third-order valence-electron chi connectivity index (χ3n) is 4.36. The van der Waals surface area contributed by atoms with Crippen molar-refractivity contribution in [3.05, 3.63) is 54.4 Å². The second kappa shape index (κ2) is 6.91. The third-order valence-corrected chi connectivity index (χ3v) is 4.36. The zero-order chi connectivity index (χ0) is 16.2. The molecule has 1 saturated heterocycles. The largest absolute Gasteiger partial charge is 0.391 e. The summed E-state index contributed by atoms with van der Waals surface area (Å²) in [5, 5.41) is 10.3. The molecule has 5 nitrogen and oxygen atoms in total. The molecule has 0 saturated carbocycles. The van der Waals surface area contributed by atoms with Crippen molar-refractivity contribution < 1.29 is 14.3 Å². The van der Waals surface area contributed by atoms with E-state index < -0.39 is 6.10 Å². The predicted octanol–water partition coefficient (Wildman–Crippen LogP) is 1.79. The van der Waals surface area contributed by atoms with Crippen LogP contribution in [0.1, 0.15) is 24.4 Å². The van der Waals surface area contributed by atoms with Crippen LogP contribution in [0.25, 0.3) is 0 Å². The maximum Gasteiger partial charge on any atom is 0.226 e. The summed E-state index contributed by atoms with van der Waals surface area (Å²) in [6.07, 6.45) is 6.22. The molecule has 0 spiro atoms. The van der Waals surface area contributed by atoms with Gasteiger partial charge in [0, 0.05) is 25.5 Å². The normalized spacial score (nSPS) is 21.9.